The van der Waals surface area contributed by atoms with Crippen LogP contribution in [-0.4, -0.2) is 72.1 Å². The Morgan fingerprint density at radius 1 is 1.25 bits per heavy atom. The molecule has 0 bridgehead atoms. The smallest absolute Gasteiger partial charge is 0.260 e. The molecule has 1 saturated carbocycles. The summed E-state index contributed by atoms with van der Waals surface area (Å²) in [7, 11) is 0. The Morgan fingerprint density at radius 2 is 2.00 bits per heavy atom. The third-order valence-corrected chi connectivity index (χ3v) is 5.82. The molecule has 9 heteroatoms. The molecule has 1 amide bonds. The van der Waals surface area contributed by atoms with E-state index in [1.807, 2.05) is 0 Å². The van der Waals surface area contributed by atoms with Crippen molar-refractivity contribution in [1.82, 2.24) is 25.9 Å². The zero-order valence-corrected chi connectivity index (χ0v) is 14.4. The van der Waals surface area contributed by atoms with Crippen molar-refractivity contribution in [3.63, 3.8) is 0 Å². The van der Waals surface area contributed by atoms with Gasteiger partial charge in [0.25, 0.3) is 5.91 Å². The first-order valence-electron chi connectivity index (χ1n) is 8.82. The van der Waals surface area contributed by atoms with Crippen LogP contribution in [0.4, 0.5) is 4.39 Å². The van der Waals surface area contributed by atoms with Crippen LogP contribution in [0.2, 0.25) is 0 Å². The number of hydrogen-bond acceptors (Lipinski definition) is 6. The highest BCUT2D eigenvalue weighted by Gasteiger charge is 2.53. The Kier molecular flexibility index (Phi) is 4.70. The maximum atomic E-state index is 13.9. The summed E-state index contributed by atoms with van der Waals surface area (Å²) in [4.78, 5) is 21.6. The van der Waals surface area contributed by atoms with E-state index in [-0.39, 0.29) is 23.9 Å². The average Bonchev–Trinajstić information content (AvgIpc) is 3.16. The van der Waals surface area contributed by atoms with E-state index in [9.17, 15) is 9.18 Å². The maximum Gasteiger partial charge on any atom is 0.260 e. The molecule has 4 atom stereocenters. The minimum absolute atomic E-state index is 0.00166. The third-order valence-electron chi connectivity index (χ3n) is 5.49. The summed E-state index contributed by atoms with van der Waals surface area (Å²) in [6, 6.07) is 0. The number of hydrogen-bond donors (Lipinski definition) is 3. The second-order valence-electron chi connectivity index (χ2n) is 7.23. The standard InChI is InChI=1S/C15H25ClFN5O2/c16-11-9-10(1-4-18-11)12-19-14(20-24-12)22-7-5-21(6-8-22)13(23)15(17)2-3-15/h10-12,14,18-20H,1-9H2. The predicted molar refractivity (Wildman–Crippen MR) is 86.5 cm³/mol. The van der Waals surface area contributed by atoms with E-state index in [1.165, 1.54) is 0 Å². The molecule has 0 radical (unpaired) electrons. The zero-order chi connectivity index (χ0) is 16.7. The molecule has 4 unspecified atom stereocenters. The molecule has 3 heterocycles. The molecule has 4 rings (SSSR count). The molecule has 3 saturated heterocycles. The lowest BCUT2D eigenvalue weighted by molar-refractivity contribution is -0.140. The Bertz CT molecular complexity index is 486. The summed E-state index contributed by atoms with van der Waals surface area (Å²) < 4.78 is 13.9. The topological polar surface area (TPSA) is 68.9 Å². The summed E-state index contributed by atoms with van der Waals surface area (Å²) in [5.74, 6) is 0.0434. The highest BCUT2D eigenvalue weighted by Crippen LogP contribution is 2.41. The van der Waals surface area contributed by atoms with Gasteiger partial charge < -0.3 is 10.2 Å². The highest BCUT2D eigenvalue weighted by atomic mass is 35.5. The minimum Gasteiger partial charge on any atom is -0.337 e. The van der Waals surface area contributed by atoms with Crippen molar-refractivity contribution in [2.45, 2.75) is 49.4 Å². The van der Waals surface area contributed by atoms with Crippen LogP contribution in [0.3, 0.4) is 0 Å². The van der Waals surface area contributed by atoms with E-state index in [0.717, 1.165) is 19.4 Å². The fourth-order valence-corrected chi connectivity index (χ4v) is 4.07. The minimum atomic E-state index is -1.56. The number of rotatable bonds is 3. The van der Waals surface area contributed by atoms with Crippen molar-refractivity contribution >= 4 is 17.5 Å². The maximum absolute atomic E-state index is 13.9. The van der Waals surface area contributed by atoms with E-state index < -0.39 is 5.67 Å². The molecule has 0 aromatic carbocycles. The van der Waals surface area contributed by atoms with Gasteiger partial charge in [0.05, 0.1) is 5.50 Å². The van der Waals surface area contributed by atoms with E-state index in [0.29, 0.717) is 44.9 Å². The molecule has 0 spiro atoms. The van der Waals surface area contributed by atoms with Crippen LogP contribution in [0.15, 0.2) is 0 Å². The number of piperazine rings is 1. The Balaban J connectivity index is 1.25. The number of nitrogens with one attached hydrogen (secondary N) is 3. The molecule has 3 N–H and O–H groups in total. The van der Waals surface area contributed by atoms with Crippen molar-refractivity contribution in [2.24, 2.45) is 5.92 Å². The highest BCUT2D eigenvalue weighted by molar-refractivity contribution is 6.20. The van der Waals surface area contributed by atoms with Crippen molar-refractivity contribution in [1.29, 1.82) is 0 Å². The van der Waals surface area contributed by atoms with Crippen molar-refractivity contribution < 1.29 is 14.0 Å². The quantitative estimate of drug-likeness (QED) is 0.483. The Hall–Kier alpha value is -0.510. The number of amides is 1. The second kappa shape index (κ2) is 6.66. The predicted octanol–water partition coefficient (Wildman–Crippen LogP) is -0.0687. The van der Waals surface area contributed by atoms with Gasteiger partial charge in [-0.25, -0.2) is 4.39 Å². The first-order valence-corrected chi connectivity index (χ1v) is 9.26. The van der Waals surface area contributed by atoms with E-state index in [2.05, 4.69) is 21.0 Å². The van der Waals surface area contributed by atoms with Gasteiger partial charge in [-0.2, -0.15) is 5.48 Å². The third kappa shape index (κ3) is 3.40. The van der Waals surface area contributed by atoms with E-state index in [4.69, 9.17) is 16.4 Å². The largest absolute Gasteiger partial charge is 0.337 e. The van der Waals surface area contributed by atoms with Crippen LogP contribution in [0, 0.1) is 5.92 Å². The number of hydroxylamine groups is 1. The molecule has 0 aromatic heterocycles. The van der Waals surface area contributed by atoms with Gasteiger partial charge in [0.2, 0.25) is 0 Å². The van der Waals surface area contributed by atoms with Crippen LogP contribution in [0.1, 0.15) is 25.7 Å². The molecule has 0 aromatic rings. The molecule has 4 fully saturated rings. The summed E-state index contributed by atoms with van der Waals surface area (Å²) in [6.45, 7) is 3.43. The summed E-state index contributed by atoms with van der Waals surface area (Å²) in [6.07, 6.45) is 2.52. The lowest BCUT2D eigenvalue weighted by atomic mass is 9.96. The van der Waals surface area contributed by atoms with Crippen LogP contribution in [-0.2, 0) is 9.63 Å². The van der Waals surface area contributed by atoms with Crippen LogP contribution in [0.25, 0.3) is 0 Å². The number of carbonyl (C=O) groups is 1. The Morgan fingerprint density at radius 3 is 2.67 bits per heavy atom. The lowest BCUT2D eigenvalue weighted by Crippen LogP contribution is -2.59. The van der Waals surface area contributed by atoms with Crippen LogP contribution >= 0.6 is 11.6 Å². The molecule has 136 valence electrons. The van der Waals surface area contributed by atoms with Gasteiger partial charge >= 0.3 is 0 Å². The van der Waals surface area contributed by atoms with Crippen molar-refractivity contribution in [2.75, 3.05) is 32.7 Å². The fraction of sp³-hybridized carbons (Fsp3) is 0.933. The zero-order valence-electron chi connectivity index (χ0n) is 13.6. The summed E-state index contributed by atoms with van der Waals surface area (Å²) >= 11 is 6.17. The molecule has 1 aliphatic carbocycles. The molecule has 3 aliphatic heterocycles. The first kappa shape index (κ1) is 16.9. The van der Waals surface area contributed by atoms with Gasteiger partial charge in [-0.3, -0.25) is 19.8 Å². The Labute approximate surface area is 146 Å². The van der Waals surface area contributed by atoms with Crippen LogP contribution < -0.4 is 16.1 Å². The lowest BCUT2D eigenvalue weighted by Gasteiger charge is -2.38. The van der Waals surface area contributed by atoms with Gasteiger partial charge in [0.15, 0.2) is 5.67 Å². The van der Waals surface area contributed by atoms with Gasteiger partial charge in [-0.1, -0.05) is 0 Å². The van der Waals surface area contributed by atoms with Crippen molar-refractivity contribution in [3.05, 3.63) is 0 Å². The number of halogens is 2. The number of carbonyl (C=O) groups excluding carboxylic acids is 1. The van der Waals surface area contributed by atoms with Gasteiger partial charge in [-0.05, 0) is 32.2 Å². The summed E-state index contributed by atoms with van der Waals surface area (Å²) in [5, 5.41) is 6.69. The molecular weight excluding hydrogens is 337 g/mol. The van der Waals surface area contributed by atoms with E-state index in [1.54, 1.807) is 4.90 Å². The number of piperidine rings is 1. The summed E-state index contributed by atoms with van der Waals surface area (Å²) in [5.41, 5.74) is 1.49. The normalized spacial score (nSPS) is 39.8. The molecule has 24 heavy (non-hydrogen) atoms. The fourth-order valence-electron chi connectivity index (χ4n) is 3.73. The second-order valence-corrected chi connectivity index (χ2v) is 7.75. The molecule has 4 aliphatic rings. The monoisotopic (exact) mass is 361 g/mol. The van der Waals surface area contributed by atoms with Gasteiger partial charge in [0.1, 0.15) is 12.5 Å². The number of nitrogens with zero attached hydrogens (tertiary/aromatic N) is 2. The SMILES string of the molecule is O=C(N1CCN(C2NOC(C3CCNC(Cl)C3)N2)CC1)C1(F)CC1. The number of alkyl halides is 2. The molecule has 7 nitrogen and oxygen atoms in total. The van der Waals surface area contributed by atoms with Crippen LogP contribution in [0.5, 0.6) is 0 Å². The molecular formula is C15H25ClFN5O2. The van der Waals surface area contributed by atoms with E-state index >= 15 is 0 Å². The van der Waals surface area contributed by atoms with Crippen molar-refractivity contribution in [3.8, 4) is 0 Å². The van der Waals surface area contributed by atoms with Gasteiger partial charge in [-0.15, -0.1) is 11.6 Å². The van der Waals surface area contributed by atoms with Gasteiger partial charge in [0, 0.05) is 32.1 Å². The average molecular weight is 362 g/mol. The first-order chi connectivity index (χ1) is 11.5.